The van der Waals surface area contributed by atoms with E-state index in [-0.39, 0.29) is 0 Å². The lowest BCUT2D eigenvalue weighted by atomic mass is 9.87. The third kappa shape index (κ3) is 3.47. The first-order valence-electron chi connectivity index (χ1n) is 9.70. The fourth-order valence-corrected chi connectivity index (χ4v) is 3.66. The molecule has 0 aliphatic rings. The summed E-state index contributed by atoms with van der Waals surface area (Å²) >= 11 is 0. The van der Waals surface area contributed by atoms with Crippen molar-refractivity contribution in [1.82, 2.24) is 19.9 Å². The fraction of sp³-hybridized carbons (Fsp3) is 0. The van der Waals surface area contributed by atoms with E-state index in [1.54, 1.807) is 12.4 Å². The molecule has 0 saturated heterocycles. The zero-order valence-corrected chi connectivity index (χ0v) is 16.2. The highest BCUT2D eigenvalue weighted by Gasteiger charge is 2.16. The maximum atomic E-state index is 4.34. The van der Waals surface area contributed by atoms with Crippen LogP contribution in [0.3, 0.4) is 0 Å². The van der Waals surface area contributed by atoms with Crippen LogP contribution in [0.25, 0.3) is 44.5 Å². The van der Waals surface area contributed by atoms with Crippen LogP contribution in [0.5, 0.6) is 0 Å². The normalized spacial score (nSPS) is 10.7. The first-order valence-corrected chi connectivity index (χ1v) is 9.70. The molecule has 0 aliphatic heterocycles. The molecule has 0 N–H and O–H groups in total. The lowest BCUT2D eigenvalue weighted by Crippen LogP contribution is -1.93. The molecule has 0 fully saturated rings. The highest BCUT2D eigenvalue weighted by atomic mass is 14.6. The van der Waals surface area contributed by atoms with Crippen molar-refractivity contribution in [2.24, 2.45) is 0 Å². The minimum Gasteiger partial charge on any atom is -0.265 e. The van der Waals surface area contributed by atoms with Gasteiger partial charge >= 0.3 is 0 Å². The van der Waals surface area contributed by atoms with Crippen molar-refractivity contribution in [2.75, 3.05) is 0 Å². The molecule has 0 bridgehead atoms. The molecule has 0 atom stereocenters. The van der Waals surface area contributed by atoms with Gasteiger partial charge in [-0.2, -0.15) is 0 Å². The molecule has 0 saturated carbocycles. The summed E-state index contributed by atoms with van der Waals surface area (Å²) in [7, 11) is 0. The van der Waals surface area contributed by atoms with Crippen LogP contribution < -0.4 is 0 Å². The molecule has 0 spiro atoms. The lowest BCUT2D eigenvalue weighted by Gasteiger charge is -2.17. The van der Waals surface area contributed by atoms with Crippen molar-refractivity contribution in [1.29, 1.82) is 0 Å². The predicted octanol–water partition coefficient (Wildman–Crippen LogP) is 5.93. The summed E-state index contributed by atoms with van der Waals surface area (Å²) in [4.78, 5) is 17.1. The summed E-state index contributed by atoms with van der Waals surface area (Å²) in [5.74, 6) is 0. The average Bonchev–Trinajstić information content (AvgIpc) is 2.85. The Bertz CT molecular complexity index is 1060. The van der Waals surface area contributed by atoms with E-state index in [1.165, 1.54) is 0 Å². The molecule has 4 heteroatoms. The Morgan fingerprint density at radius 3 is 1.13 bits per heavy atom. The number of pyridine rings is 4. The summed E-state index contributed by atoms with van der Waals surface area (Å²) < 4.78 is 0. The highest BCUT2D eigenvalue weighted by Crippen LogP contribution is 2.41. The lowest BCUT2D eigenvalue weighted by molar-refractivity contribution is 1.31. The number of benzene rings is 1. The second kappa shape index (κ2) is 8.05. The van der Waals surface area contributed by atoms with Crippen LogP contribution in [-0.4, -0.2) is 19.9 Å². The van der Waals surface area contributed by atoms with Gasteiger partial charge in [0.15, 0.2) is 0 Å². The van der Waals surface area contributed by atoms with E-state index in [4.69, 9.17) is 0 Å². The van der Waals surface area contributed by atoms with E-state index in [0.29, 0.717) is 0 Å². The van der Waals surface area contributed by atoms with Crippen molar-refractivity contribution in [3.63, 3.8) is 0 Å². The predicted molar refractivity (Wildman–Crippen MR) is 119 cm³/mol. The van der Waals surface area contributed by atoms with Crippen LogP contribution in [0.1, 0.15) is 0 Å². The third-order valence-electron chi connectivity index (χ3n) is 5.09. The summed E-state index contributed by atoms with van der Waals surface area (Å²) in [5, 5.41) is 0. The van der Waals surface area contributed by atoms with E-state index < -0.39 is 0 Å². The Kier molecular flexibility index (Phi) is 4.80. The fourth-order valence-electron chi connectivity index (χ4n) is 3.66. The van der Waals surface area contributed by atoms with Crippen LogP contribution in [-0.2, 0) is 0 Å². The van der Waals surface area contributed by atoms with Gasteiger partial charge in [-0.3, -0.25) is 19.9 Å². The standard InChI is InChI=1S/C26H18N4/c1-3-21(17-29-9-1)25-15-23(19-5-11-27-12-6-19)24(20-7-13-28-14-8-20)16-26(25)22-4-2-10-30-18-22/h1-18H. The van der Waals surface area contributed by atoms with E-state index >= 15 is 0 Å². The van der Waals surface area contributed by atoms with Crippen molar-refractivity contribution in [3.05, 3.63) is 110 Å². The Labute approximate surface area is 175 Å². The number of nitrogens with zero attached hydrogens (tertiary/aromatic N) is 4. The monoisotopic (exact) mass is 386 g/mol. The van der Waals surface area contributed by atoms with Crippen LogP contribution in [0.2, 0.25) is 0 Å². The molecule has 30 heavy (non-hydrogen) atoms. The van der Waals surface area contributed by atoms with Gasteiger partial charge in [-0.25, -0.2) is 0 Å². The van der Waals surface area contributed by atoms with Crippen molar-refractivity contribution >= 4 is 0 Å². The maximum absolute atomic E-state index is 4.34. The van der Waals surface area contributed by atoms with E-state index in [1.807, 2.05) is 73.6 Å². The molecular weight excluding hydrogens is 368 g/mol. The van der Waals surface area contributed by atoms with Crippen LogP contribution in [0.15, 0.2) is 110 Å². The Hall–Kier alpha value is -4.18. The van der Waals surface area contributed by atoms with Crippen LogP contribution in [0, 0.1) is 0 Å². The van der Waals surface area contributed by atoms with E-state index in [9.17, 15) is 0 Å². The van der Waals surface area contributed by atoms with Gasteiger partial charge in [0.05, 0.1) is 0 Å². The van der Waals surface area contributed by atoms with Gasteiger partial charge in [0.25, 0.3) is 0 Å². The van der Waals surface area contributed by atoms with E-state index in [0.717, 1.165) is 44.5 Å². The summed E-state index contributed by atoms with van der Waals surface area (Å²) in [6.07, 6.45) is 14.7. The molecule has 5 rings (SSSR count). The highest BCUT2D eigenvalue weighted by molar-refractivity contribution is 5.94. The minimum atomic E-state index is 1.06. The number of rotatable bonds is 4. The smallest absolute Gasteiger partial charge is 0.0346 e. The van der Waals surface area contributed by atoms with Gasteiger partial charge in [0, 0.05) is 60.7 Å². The van der Waals surface area contributed by atoms with Gasteiger partial charge in [-0.05, 0) is 81.9 Å². The molecule has 0 unspecified atom stereocenters. The molecule has 4 heterocycles. The molecule has 0 aliphatic carbocycles. The number of hydrogen-bond donors (Lipinski definition) is 0. The first-order chi connectivity index (χ1) is 14.9. The molecule has 142 valence electrons. The SMILES string of the molecule is c1cncc(-c2cc(-c3ccncc3)c(-c3ccncc3)cc2-c2cccnc2)c1. The number of aromatic nitrogens is 4. The van der Waals surface area contributed by atoms with Gasteiger partial charge in [-0.1, -0.05) is 12.1 Å². The molecular formula is C26H18N4. The van der Waals surface area contributed by atoms with Crippen molar-refractivity contribution < 1.29 is 0 Å². The molecule has 5 aromatic rings. The molecule has 4 aromatic heterocycles. The average molecular weight is 386 g/mol. The van der Waals surface area contributed by atoms with Crippen LogP contribution in [0.4, 0.5) is 0 Å². The summed E-state index contributed by atoms with van der Waals surface area (Å²) in [5.41, 5.74) is 8.84. The topological polar surface area (TPSA) is 51.6 Å². The second-order valence-corrected chi connectivity index (χ2v) is 6.90. The summed E-state index contributed by atoms with van der Waals surface area (Å²) in [6, 6.07) is 20.7. The zero-order valence-electron chi connectivity index (χ0n) is 16.2. The number of hydrogen-bond acceptors (Lipinski definition) is 4. The van der Waals surface area contributed by atoms with Crippen molar-refractivity contribution in [2.45, 2.75) is 0 Å². The Morgan fingerprint density at radius 1 is 0.367 bits per heavy atom. The van der Waals surface area contributed by atoms with Gasteiger partial charge < -0.3 is 0 Å². The second-order valence-electron chi connectivity index (χ2n) is 6.90. The molecule has 1 aromatic carbocycles. The maximum Gasteiger partial charge on any atom is 0.0346 e. The quantitative estimate of drug-likeness (QED) is 0.384. The zero-order chi connectivity index (χ0) is 20.2. The van der Waals surface area contributed by atoms with Crippen LogP contribution >= 0.6 is 0 Å². The van der Waals surface area contributed by atoms with Gasteiger partial charge in [0.1, 0.15) is 0 Å². The summed E-state index contributed by atoms with van der Waals surface area (Å²) in [6.45, 7) is 0. The molecule has 4 nitrogen and oxygen atoms in total. The van der Waals surface area contributed by atoms with Gasteiger partial charge in [-0.15, -0.1) is 0 Å². The Balaban J connectivity index is 1.85. The largest absolute Gasteiger partial charge is 0.265 e. The minimum absolute atomic E-state index is 1.06. The van der Waals surface area contributed by atoms with Gasteiger partial charge in [0.2, 0.25) is 0 Å². The van der Waals surface area contributed by atoms with Crippen molar-refractivity contribution in [3.8, 4) is 44.5 Å². The third-order valence-corrected chi connectivity index (χ3v) is 5.09. The van der Waals surface area contributed by atoms with E-state index in [2.05, 4.69) is 44.2 Å². The molecule has 0 radical (unpaired) electrons. The molecule has 0 amide bonds. The first kappa shape index (κ1) is 17.9. The Morgan fingerprint density at radius 2 is 0.767 bits per heavy atom.